The maximum atomic E-state index is 10.6. The summed E-state index contributed by atoms with van der Waals surface area (Å²) in [6.45, 7) is 2.57. The van der Waals surface area contributed by atoms with Crippen LogP contribution in [0.4, 0.5) is 5.69 Å². The second kappa shape index (κ2) is 5.33. The third kappa shape index (κ3) is 3.08. The molecular formula is C11H13ClN2O3. The van der Waals surface area contributed by atoms with Crippen molar-refractivity contribution in [2.24, 2.45) is 5.92 Å². The number of hydrogen-bond donors (Lipinski definition) is 1. The highest BCUT2D eigenvalue weighted by atomic mass is 35.5. The van der Waals surface area contributed by atoms with E-state index in [4.69, 9.17) is 16.3 Å². The van der Waals surface area contributed by atoms with Crippen LogP contribution in [0.1, 0.15) is 6.42 Å². The van der Waals surface area contributed by atoms with Gasteiger partial charge in [-0.25, -0.2) is 0 Å². The fourth-order valence-corrected chi connectivity index (χ4v) is 1.78. The minimum absolute atomic E-state index is 0.00490. The Hall–Kier alpha value is -1.33. The van der Waals surface area contributed by atoms with Crippen LogP contribution in [0.15, 0.2) is 18.2 Å². The summed E-state index contributed by atoms with van der Waals surface area (Å²) in [5.41, 5.74) is -0.00490. The number of ether oxygens (including phenoxy) is 1. The molecule has 5 nitrogen and oxygen atoms in total. The first-order valence-electron chi connectivity index (χ1n) is 5.44. The first-order chi connectivity index (χ1) is 8.16. The predicted molar refractivity (Wildman–Crippen MR) is 64.6 cm³/mol. The van der Waals surface area contributed by atoms with E-state index in [1.165, 1.54) is 18.2 Å². The molecule has 1 N–H and O–H groups in total. The lowest BCUT2D eigenvalue weighted by atomic mass is 10.0. The number of nitro benzene ring substituents is 1. The summed E-state index contributed by atoms with van der Waals surface area (Å²) >= 11 is 5.90. The molecule has 1 aromatic carbocycles. The van der Waals surface area contributed by atoms with Gasteiger partial charge in [-0.05, 0) is 31.5 Å². The average molecular weight is 257 g/mol. The molecule has 92 valence electrons. The molecule has 0 spiro atoms. The van der Waals surface area contributed by atoms with Gasteiger partial charge in [0.25, 0.3) is 5.69 Å². The highest BCUT2D eigenvalue weighted by molar-refractivity contribution is 6.32. The van der Waals surface area contributed by atoms with Gasteiger partial charge in [-0.1, -0.05) is 11.6 Å². The second-order valence-electron chi connectivity index (χ2n) is 4.03. The fraction of sp³-hybridized carbons (Fsp3) is 0.455. The van der Waals surface area contributed by atoms with Crippen molar-refractivity contribution in [3.8, 4) is 5.75 Å². The Morgan fingerprint density at radius 2 is 2.29 bits per heavy atom. The summed E-state index contributed by atoms with van der Waals surface area (Å²) in [6, 6.07) is 4.21. The zero-order valence-corrected chi connectivity index (χ0v) is 9.94. The molecule has 0 saturated carbocycles. The molecule has 0 aliphatic carbocycles. The van der Waals surface area contributed by atoms with Gasteiger partial charge in [-0.15, -0.1) is 0 Å². The molecule has 1 fully saturated rings. The maximum Gasteiger partial charge on any atom is 0.273 e. The molecule has 0 amide bonds. The zero-order chi connectivity index (χ0) is 12.3. The summed E-state index contributed by atoms with van der Waals surface area (Å²) in [6.07, 6.45) is 0.937. The molecule has 0 aromatic heterocycles. The Morgan fingerprint density at radius 3 is 2.88 bits per heavy atom. The van der Waals surface area contributed by atoms with Gasteiger partial charge in [0.1, 0.15) is 5.75 Å². The lowest BCUT2D eigenvalue weighted by molar-refractivity contribution is -0.384. The van der Waals surface area contributed by atoms with E-state index >= 15 is 0 Å². The van der Waals surface area contributed by atoms with Crippen LogP contribution in [0.2, 0.25) is 5.02 Å². The zero-order valence-electron chi connectivity index (χ0n) is 9.19. The standard InChI is InChI=1S/C11H13ClN2O3/c12-10-2-1-9(14(15)16)5-11(10)17-4-3-8-6-13-7-8/h1-2,5,8,13H,3-4,6-7H2. The maximum absolute atomic E-state index is 10.6. The monoisotopic (exact) mass is 256 g/mol. The summed E-state index contributed by atoms with van der Waals surface area (Å²) in [4.78, 5) is 10.1. The molecule has 1 heterocycles. The Bertz CT molecular complexity index is 421. The molecular weight excluding hydrogens is 244 g/mol. The lowest BCUT2D eigenvalue weighted by Crippen LogP contribution is -2.42. The number of nitrogens with zero attached hydrogens (tertiary/aromatic N) is 1. The number of nitro groups is 1. The summed E-state index contributed by atoms with van der Waals surface area (Å²) < 4.78 is 5.47. The summed E-state index contributed by atoms with van der Waals surface area (Å²) in [7, 11) is 0. The van der Waals surface area contributed by atoms with E-state index in [9.17, 15) is 10.1 Å². The average Bonchev–Trinajstić information content (AvgIpc) is 2.23. The van der Waals surface area contributed by atoms with Gasteiger partial charge in [0.15, 0.2) is 0 Å². The van der Waals surface area contributed by atoms with Crippen molar-refractivity contribution in [1.82, 2.24) is 5.32 Å². The van der Waals surface area contributed by atoms with Gasteiger partial charge in [0, 0.05) is 6.07 Å². The Balaban J connectivity index is 1.93. The number of benzene rings is 1. The molecule has 0 atom stereocenters. The third-order valence-electron chi connectivity index (χ3n) is 2.78. The topological polar surface area (TPSA) is 64.4 Å². The Kier molecular flexibility index (Phi) is 3.81. The van der Waals surface area contributed by atoms with Crippen LogP contribution >= 0.6 is 11.6 Å². The van der Waals surface area contributed by atoms with E-state index in [-0.39, 0.29) is 5.69 Å². The van der Waals surface area contributed by atoms with Crippen molar-refractivity contribution in [1.29, 1.82) is 0 Å². The minimum atomic E-state index is -0.459. The Morgan fingerprint density at radius 1 is 1.53 bits per heavy atom. The molecule has 1 aliphatic heterocycles. The van der Waals surface area contributed by atoms with Gasteiger partial charge in [-0.2, -0.15) is 0 Å². The van der Waals surface area contributed by atoms with Crippen LogP contribution in [0, 0.1) is 16.0 Å². The van der Waals surface area contributed by atoms with Crippen molar-refractivity contribution in [3.05, 3.63) is 33.3 Å². The molecule has 0 bridgehead atoms. The van der Waals surface area contributed by atoms with Crippen LogP contribution in [-0.4, -0.2) is 24.6 Å². The van der Waals surface area contributed by atoms with E-state index in [0.29, 0.717) is 23.3 Å². The first-order valence-corrected chi connectivity index (χ1v) is 5.82. The van der Waals surface area contributed by atoms with Crippen molar-refractivity contribution < 1.29 is 9.66 Å². The van der Waals surface area contributed by atoms with E-state index < -0.39 is 4.92 Å². The van der Waals surface area contributed by atoms with Crippen molar-refractivity contribution in [3.63, 3.8) is 0 Å². The molecule has 6 heteroatoms. The number of non-ortho nitro benzene ring substituents is 1. The molecule has 1 saturated heterocycles. The number of nitrogens with one attached hydrogen (secondary N) is 1. The molecule has 0 unspecified atom stereocenters. The third-order valence-corrected chi connectivity index (χ3v) is 3.09. The lowest BCUT2D eigenvalue weighted by Gasteiger charge is -2.26. The highest BCUT2D eigenvalue weighted by Gasteiger charge is 2.17. The van der Waals surface area contributed by atoms with Crippen LogP contribution in [-0.2, 0) is 0 Å². The van der Waals surface area contributed by atoms with Crippen molar-refractivity contribution >= 4 is 17.3 Å². The van der Waals surface area contributed by atoms with Gasteiger partial charge >= 0.3 is 0 Å². The van der Waals surface area contributed by atoms with Gasteiger partial charge in [-0.3, -0.25) is 10.1 Å². The summed E-state index contributed by atoms with van der Waals surface area (Å²) in [5, 5.41) is 14.2. The molecule has 0 radical (unpaired) electrons. The van der Waals surface area contributed by atoms with Gasteiger partial charge in [0.2, 0.25) is 0 Å². The van der Waals surface area contributed by atoms with E-state index in [1.54, 1.807) is 0 Å². The molecule has 1 aliphatic rings. The smallest absolute Gasteiger partial charge is 0.273 e. The van der Waals surface area contributed by atoms with Crippen molar-refractivity contribution in [2.75, 3.05) is 19.7 Å². The summed E-state index contributed by atoms with van der Waals surface area (Å²) in [5.74, 6) is 1.03. The highest BCUT2D eigenvalue weighted by Crippen LogP contribution is 2.29. The first kappa shape index (κ1) is 12.1. The fourth-order valence-electron chi connectivity index (χ4n) is 1.60. The van der Waals surface area contributed by atoms with Gasteiger partial charge in [0.05, 0.1) is 22.6 Å². The van der Waals surface area contributed by atoms with Crippen LogP contribution in [0.3, 0.4) is 0 Å². The van der Waals surface area contributed by atoms with Crippen LogP contribution in [0.25, 0.3) is 0 Å². The number of hydrogen-bond acceptors (Lipinski definition) is 4. The predicted octanol–water partition coefficient (Wildman–Crippen LogP) is 2.24. The largest absolute Gasteiger partial charge is 0.492 e. The van der Waals surface area contributed by atoms with E-state index in [1.807, 2.05) is 0 Å². The SMILES string of the molecule is O=[N+]([O-])c1ccc(Cl)c(OCCC2CNC2)c1. The quantitative estimate of drug-likeness (QED) is 0.648. The minimum Gasteiger partial charge on any atom is -0.492 e. The number of halogens is 1. The second-order valence-corrected chi connectivity index (χ2v) is 4.44. The van der Waals surface area contributed by atoms with Gasteiger partial charge < -0.3 is 10.1 Å². The number of rotatable bonds is 5. The molecule has 17 heavy (non-hydrogen) atoms. The van der Waals surface area contributed by atoms with E-state index in [0.717, 1.165) is 19.5 Å². The van der Waals surface area contributed by atoms with E-state index in [2.05, 4.69) is 5.32 Å². The molecule has 2 rings (SSSR count). The van der Waals surface area contributed by atoms with Crippen LogP contribution in [0.5, 0.6) is 5.75 Å². The van der Waals surface area contributed by atoms with Crippen LogP contribution < -0.4 is 10.1 Å². The molecule has 1 aromatic rings. The van der Waals surface area contributed by atoms with Crippen molar-refractivity contribution in [2.45, 2.75) is 6.42 Å². The normalized spacial score (nSPS) is 15.4. The Labute approximate surface area is 104 Å².